The van der Waals surface area contributed by atoms with Gasteiger partial charge in [-0.3, -0.25) is 24.6 Å². The summed E-state index contributed by atoms with van der Waals surface area (Å²) < 4.78 is 12.5. The van der Waals surface area contributed by atoms with Crippen molar-refractivity contribution in [2.75, 3.05) is 6.61 Å². The summed E-state index contributed by atoms with van der Waals surface area (Å²) in [5.41, 5.74) is 1.94. The predicted octanol–water partition coefficient (Wildman–Crippen LogP) is 6.11. The zero-order valence-corrected chi connectivity index (χ0v) is 23.4. The minimum Gasteiger partial charge on any atom is -0.490 e. The third-order valence-corrected chi connectivity index (χ3v) is 7.26. The number of ether oxygens (including phenoxy) is 2. The number of non-ortho nitro benzene ring substituents is 1. The maximum atomic E-state index is 13.0. The molecular formula is C27H21IN2O8S. The lowest BCUT2D eigenvalue weighted by atomic mass is 10.1. The van der Waals surface area contributed by atoms with E-state index in [4.69, 9.17) is 14.6 Å². The molecule has 1 fully saturated rings. The molecule has 1 heterocycles. The van der Waals surface area contributed by atoms with Crippen molar-refractivity contribution in [2.45, 2.75) is 20.1 Å². The van der Waals surface area contributed by atoms with Crippen LogP contribution in [0.3, 0.4) is 0 Å². The maximum absolute atomic E-state index is 13.0. The van der Waals surface area contributed by atoms with Gasteiger partial charge in [-0.15, -0.1) is 0 Å². The first-order chi connectivity index (χ1) is 18.7. The van der Waals surface area contributed by atoms with Gasteiger partial charge in [-0.2, -0.15) is 0 Å². The molecule has 3 aromatic carbocycles. The lowest BCUT2D eigenvalue weighted by Gasteiger charge is -2.15. The topological polar surface area (TPSA) is 136 Å². The fourth-order valence-electron chi connectivity index (χ4n) is 3.71. The summed E-state index contributed by atoms with van der Waals surface area (Å²) in [6.45, 7) is 2.30. The highest BCUT2D eigenvalue weighted by molar-refractivity contribution is 14.1. The van der Waals surface area contributed by atoms with Crippen LogP contribution in [0.2, 0.25) is 0 Å². The molecule has 10 nitrogen and oxygen atoms in total. The summed E-state index contributed by atoms with van der Waals surface area (Å²) in [7, 11) is 0. The van der Waals surface area contributed by atoms with Gasteiger partial charge in [-0.25, -0.2) is 4.79 Å². The summed E-state index contributed by atoms with van der Waals surface area (Å²) in [5.74, 6) is -0.549. The number of hydrogen-bond acceptors (Lipinski definition) is 8. The van der Waals surface area contributed by atoms with Crippen molar-refractivity contribution in [2.24, 2.45) is 0 Å². The molecule has 3 aromatic rings. The zero-order chi connectivity index (χ0) is 28.1. The molecule has 4 rings (SSSR count). The largest absolute Gasteiger partial charge is 0.490 e. The van der Waals surface area contributed by atoms with Crippen molar-refractivity contribution >= 4 is 63.2 Å². The van der Waals surface area contributed by atoms with Crippen LogP contribution in [0.5, 0.6) is 11.5 Å². The van der Waals surface area contributed by atoms with Crippen LogP contribution in [0.15, 0.2) is 65.6 Å². The highest BCUT2D eigenvalue weighted by Gasteiger charge is 2.35. The number of rotatable bonds is 10. The quantitative estimate of drug-likeness (QED) is 0.118. The molecule has 2 amide bonds. The van der Waals surface area contributed by atoms with E-state index in [-0.39, 0.29) is 29.3 Å². The van der Waals surface area contributed by atoms with Crippen LogP contribution in [0, 0.1) is 13.7 Å². The molecule has 0 saturated carbocycles. The Balaban J connectivity index is 1.53. The van der Waals surface area contributed by atoms with E-state index in [1.807, 2.05) is 6.92 Å². The van der Waals surface area contributed by atoms with Crippen LogP contribution in [0.25, 0.3) is 6.08 Å². The summed E-state index contributed by atoms with van der Waals surface area (Å²) in [6, 6.07) is 15.7. The molecule has 0 spiro atoms. The predicted molar refractivity (Wildman–Crippen MR) is 153 cm³/mol. The number of carboxylic acids is 1. The Hall–Kier alpha value is -3.91. The average molecular weight is 660 g/mol. The van der Waals surface area contributed by atoms with E-state index >= 15 is 0 Å². The number of halogens is 1. The van der Waals surface area contributed by atoms with Crippen molar-refractivity contribution < 1.29 is 33.9 Å². The fourth-order valence-corrected chi connectivity index (χ4v) is 5.33. The van der Waals surface area contributed by atoms with E-state index in [1.54, 1.807) is 36.4 Å². The lowest BCUT2D eigenvalue weighted by molar-refractivity contribution is -0.384. The van der Waals surface area contributed by atoms with Crippen LogP contribution in [-0.4, -0.2) is 38.7 Å². The number of amides is 2. The third kappa shape index (κ3) is 6.75. The summed E-state index contributed by atoms with van der Waals surface area (Å²) in [5, 5.41) is 19.7. The lowest BCUT2D eigenvalue weighted by Crippen LogP contribution is -2.27. The third-order valence-electron chi connectivity index (χ3n) is 5.55. The van der Waals surface area contributed by atoms with E-state index in [1.165, 1.54) is 30.3 Å². The number of benzene rings is 3. The molecule has 0 aliphatic carbocycles. The monoisotopic (exact) mass is 660 g/mol. The fraction of sp³-hybridized carbons (Fsp3) is 0.148. The Morgan fingerprint density at radius 1 is 1.10 bits per heavy atom. The van der Waals surface area contributed by atoms with Crippen molar-refractivity contribution in [1.82, 2.24) is 4.90 Å². The molecule has 0 bridgehead atoms. The van der Waals surface area contributed by atoms with Gasteiger partial charge < -0.3 is 14.6 Å². The molecule has 1 aliphatic rings. The van der Waals surface area contributed by atoms with Gasteiger partial charge in [-0.1, -0.05) is 24.3 Å². The van der Waals surface area contributed by atoms with E-state index in [0.29, 0.717) is 32.8 Å². The average Bonchev–Trinajstić information content (AvgIpc) is 3.16. The van der Waals surface area contributed by atoms with Crippen molar-refractivity contribution in [3.63, 3.8) is 0 Å². The van der Waals surface area contributed by atoms with Gasteiger partial charge in [0.15, 0.2) is 11.5 Å². The number of nitro groups is 1. The molecular weight excluding hydrogens is 639 g/mol. The van der Waals surface area contributed by atoms with Crippen LogP contribution in [-0.2, 0) is 17.9 Å². The minimum absolute atomic E-state index is 0.0777. The highest BCUT2D eigenvalue weighted by atomic mass is 127. The number of carboxylic acid groups (broad SMARTS) is 1. The Morgan fingerprint density at radius 3 is 2.51 bits per heavy atom. The van der Waals surface area contributed by atoms with Crippen molar-refractivity contribution in [3.8, 4) is 11.5 Å². The van der Waals surface area contributed by atoms with Gasteiger partial charge in [0.05, 0.1) is 32.1 Å². The zero-order valence-electron chi connectivity index (χ0n) is 20.5. The molecule has 39 heavy (non-hydrogen) atoms. The number of aromatic carboxylic acids is 1. The standard InChI is InChI=1S/C27H21IN2O8S/c1-2-37-22-12-18(11-21(28)24(22)38-15-16-6-8-19(9-7-16)26(32)33)13-23-25(31)29(27(34)39-23)14-17-4-3-5-20(10-17)30(35)36/h3-13H,2,14-15H2,1H3,(H,32,33)/b23-13+. The number of nitro benzene ring substituents is 1. The Kier molecular flexibility index (Phi) is 8.86. The summed E-state index contributed by atoms with van der Waals surface area (Å²) in [4.78, 5) is 48.5. The first kappa shape index (κ1) is 28.1. The van der Waals surface area contributed by atoms with Crippen LogP contribution in [0.4, 0.5) is 10.5 Å². The summed E-state index contributed by atoms with van der Waals surface area (Å²) in [6.07, 6.45) is 1.59. The molecule has 200 valence electrons. The highest BCUT2D eigenvalue weighted by Crippen LogP contribution is 2.38. The van der Waals surface area contributed by atoms with Gasteiger partial charge in [0.2, 0.25) is 0 Å². The second-order valence-corrected chi connectivity index (χ2v) is 10.4. The van der Waals surface area contributed by atoms with Crippen LogP contribution >= 0.6 is 34.4 Å². The van der Waals surface area contributed by atoms with Crippen LogP contribution < -0.4 is 9.47 Å². The maximum Gasteiger partial charge on any atom is 0.335 e. The van der Waals surface area contributed by atoms with E-state index in [0.717, 1.165) is 22.2 Å². The van der Waals surface area contributed by atoms with E-state index in [2.05, 4.69) is 22.6 Å². The molecule has 0 unspecified atom stereocenters. The number of hydrogen-bond donors (Lipinski definition) is 1. The van der Waals surface area contributed by atoms with Crippen LogP contribution in [0.1, 0.15) is 34.0 Å². The Labute approximate surface area is 240 Å². The molecule has 12 heteroatoms. The van der Waals surface area contributed by atoms with Gasteiger partial charge in [-0.05, 0) is 88.3 Å². The molecule has 0 atom stereocenters. The number of carbonyl (C=O) groups excluding carboxylic acids is 2. The van der Waals surface area contributed by atoms with Gasteiger partial charge in [0, 0.05) is 12.1 Å². The molecule has 0 radical (unpaired) electrons. The number of imide groups is 1. The van der Waals surface area contributed by atoms with Gasteiger partial charge in [0.1, 0.15) is 6.61 Å². The Morgan fingerprint density at radius 2 is 1.85 bits per heavy atom. The normalized spacial score (nSPS) is 14.1. The minimum atomic E-state index is -1.01. The molecule has 1 aliphatic heterocycles. The first-order valence-corrected chi connectivity index (χ1v) is 13.5. The van der Waals surface area contributed by atoms with Crippen molar-refractivity contribution in [3.05, 3.63) is 102 Å². The summed E-state index contributed by atoms with van der Waals surface area (Å²) >= 11 is 2.89. The molecule has 0 aromatic heterocycles. The second kappa shape index (κ2) is 12.3. The first-order valence-electron chi connectivity index (χ1n) is 11.6. The SMILES string of the molecule is CCOc1cc(/C=C2/SC(=O)N(Cc3cccc([N+](=O)[O-])c3)C2=O)cc(I)c1OCc1ccc(C(=O)O)cc1. The number of nitrogens with zero attached hydrogens (tertiary/aromatic N) is 2. The second-order valence-electron chi connectivity index (χ2n) is 8.25. The Bertz CT molecular complexity index is 1490. The number of thioether (sulfide) groups is 1. The van der Waals surface area contributed by atoms with Gasteiger partial charge in [0.25, 0.3) is 16.8 Å². The number of carbonyl (C=O) groups is 3. The van der Waals surface area contributed by atoms with Gasteiger partial charge >= 0.3 is 5.97 Å². The van der Waals surface area contributed by atoms with E-state index < -0.39 is 22.0 Å². The molecule has 1 N–H and O–H groups in total. The van der Waals surface area contributed by atoms with Crippen molar-refractivity contribution in [1.29, 1.82) is 0 Å². The smallest absolute Gasteiger partial charge is 0.335 e. The van der Waals surface area contributed by atoms with E-state index in [9.17, 15) is 24.5 Å². The molecule has 1 saturated heterocycles.